The number of urea groups is 1. The van der Waals surface area contributed by atoms with Crippen molar-refractivity contribution in [3.05, 3.63) is 46.5 Å². The van der Waals surface area contributed by atoms with Gasteiger partial charge >= 0.3 is 6.03 Å². The monoisotopic (exact) mass is 296 g/mol. The van der Waals surface area contributed by atoms with Gasteiger partial charge in [0, 0.05) is 23.3 Å². The standard InChI is InChI=1S/C12H10Cl2N4O/c1-7-4-9(6-11(14)16-7)18-12(19)17-8-2-3-15-10(13)5-8/h2-6H,1H3,(H2,15,16,17,18,19). The van der Waals surface area contributed by atoms with E-state index in [1.807, 2.05) is 0 Å². The number of pyridine rings is 2. The molecule has 5 nitrogen and oxygen atoms in total. The molecule has 7 heteroatoms. The van der Waals surface area contributed by atoms with E-state index in [0.29, 0.717) is 21.7 Å². The van der Waals surface area contributed by atoms with Crippen LogP contribution in [-0.4, -0.2) is 16.0 Å². The van der Waals surface area contributed by atoms with Gasteiger partial charge in [-0.05, 0) is 31.2 Å². The van der Waals surface area contributed by atoms with Gasteiger partial charge in [0.2, 0.25) is 0 Å². The summed E-state index contributed by atoms with van der Waals surface area (Å²) in [6.45, 7) is 1.79. The summed E-state index contributed by atoms with van der Waals surface area (Å²) in [4.78, 5) is 19.6. The van der Waals surface area contributed by atoms with Crippen LogP contribution in [0.4, 0.5) is 16.2 Å². The van der Waals surface area contributed by atoms with Crippen molar-refractivity contribution in [2.24, 2.45) is 0 Å². The van der Waals surface area contributed by atoms with E-state index in [0.717, 1.165) is 5.69 Å². The minimum atomic E-state index is -0.399. The van der Waals surface area contributed by atoms with Crippen LogP contribution in [0.1, 0.15) is 5.69 Å². The first-order valence-electron chi connectivity index (χ1n) is 5.37. The van der Waals surface area contributed by atoms with E-state index in [4.69, 9.17) is 23.2 Å². The van der Waals surface area contributed by atoms with Crippen molar-refractivity contribution in [1.82, 2.24) is 9.97 Å². The fourth-order valence-corrected chi connectivity index (χ4v) is 1.90. The van der Waals surface area contributed by atoms with Crippen LogP contribution < -0.4 is 10.6 Å². The summed E-state index contributed by atoms with van der Waals surface area (Å²) in [5, 5.41) is 5.91. The predicted molar refractivity (Wildman–Crippen MR) is 75.9 cm³/mol. The Kier molecular flexibility index (Phi) is 4.19. The van der Waals surface area contributed by atoms with Gasteiger partial charge in [0.1, 0.15) is 10.3 Å². The fourth-order valence-electron chi connectivity index (χ4n) is 1.47. The van der Waals surface area contributed by atoms with E-state index >= 15 is 0 Å². The van der Waals surface area contributed by atoms with E-state index in [1.54, 1.807) is 31.2 Å². The third-order valence-electron chi connectivity index (χ3n) is 2.16. The topological polar surface area (TPSA) is 66.9 Å². The van der Waals surface area contributed by atoms with Crippen LogP contribution in [0, 0.1) is 6.92 Å². The second-order valence-corrected chi connectivity index (χ2v) is 4.54. The van der Waals surface area contributed by atoms with E-state index < -0.39 is 6.03 Å². The van der Waals surface area contributed by atoms with Gasteiger partial charge in [-0.15, -0.1) is 0 Å². The number of carbonyl (C=O) groups is 1. The molecule has 0 aliphatic rings. The Bertz CT molecular complexity index is 598. The van der Waals surface area contributed by atoms with Gasteiger partial charge in [0.25, 0.3) is 0 Å². The number of aromatic nitrogens is 2. The normalized spacial score (nSPS) is 10.1. The lowest BCUT2D eigenvalue weighted by molar-refractivity contribution is 0.262. The molecule has 0 saturated heterocycles. The molecule has 0 fully saturated rings. The largest absolute Gasteiger partial charge is 0.323 e. The van der Waals surface area contributed by atoms with Crippen molar-refractivity contribution < 1.29 is 4.79 Å². The molecule has 0 spiro atoms. The first-order valence-corrected chi connectivity index (χ1v) is 6.12. The highest BCUT2D eigenvalue weighted by Gasteiger charge is 2.05. The number of nitrogens with zero attached hydrogens (tertiary/aromatic N) is 2. The first kappa shape index (κ1) is 13.6. The van der Waals surface area contributed by atoms with E-state index in [2.05, 4.69) is 20.6 Å². The number of rotatable bonds is 2. The second kappa shape index (κ2) is 5.86. The lowest BCUT2D eigenvalue weighted by Gasteiger charge is -2.08. The number of anilines is 2. The third kappa shape index (κ3) is 4.08. The van der Waals surface area contributed by atoms with Gasteiger partial charge in [-0.2, -0.15) is 0 Å². The minimum absolute atomic E-state index is 0.306. The zero-order valence-corrected chi connectivity index (χ0v) is 11.5. The molecule has 0 aliphatic carbocycles. The van der Waals surface area contributed by atoms with E-state index in [9.17, 15) is 4.79 Å². The summed E-state index contributed by atoms with van der Waals surface area (Å²) < 4.78 is 0. The van der Waals surface area contributed by atoms with Gasteiger partial charge in [0.05, 0.1) is 0 Å². The Morgan fingerprint density at radius 3 is 2.47 bits per heavy atom. The van der Waals surface area contributed by atoms with Crippen molar-refractivity contribution in [3.63, 3.8) is 0 Å². The molecule has 0 atom stereocenters. The molecular weight excluding hydrogens is 287 g/mol. The average Bonchev–Trinajstić information content (AvgIpc) is 2.26. The number of hydrogen-bond donors (Lipinski definition) is 2. The number of halogens is 2. The van der Waals surface area contributed by atoms with Gasteiger partial charge in [-0.25, -0.2) is 14.8 Å². The predicted octanol–water partition coefficient (Wildman–Crippen LogP) is 3.74. The number of carbonyl (C=O) groups excluding carboxylic acids is 1. The average molecular weight is 297 g/mol. The Labute approximate surface area is 120 Å². The Morgan fingerprint density at radius 2 is 1.79 bits per heavy atom. The van der Waals surface area contributed by atoms with Crippen molar-refractivity contribution in [2.45, 2.75) is 6.92 Å². The summed E-state index contributed by atoms with van der Waals surface area (Å²) >= 11 is 11.5. The highest BCUT2D eigenvalue weighted by molar-refractivity contribution is 6.30. The van der Waals surface area contributed by atoms with E-state index in [1.165, 1.54) is 6.20 Å². The fraction of sp³-hybridized carbons (Fsp3) is 0.0833. The molecule has 2 rings (SSSR count). The lowest BCUT2D eigenvalue weighted by atomic mass is 10.3. The molecule has 0 radical (unpaired) electrons. The maximum atomic E-state index is 11.8. The summed E-state index contributed by atoms with van der Waals surface area (Å²) in [5.41, 5.74) is 1.83. The summed E-state index contributed by atoms with van der Waals surface area (Å²) in [5.74, 6) is 0. The number of aryl methyl sites for hydroxylation is 1. The molecule has 2 heterocycles. The molecule has 19 heavy (non-hydrogen) atoms. The molecule has 0 saturated carbocycles. The van der Waals surface area contributed by atoms with Gasteiger partial charge in [-0.1, -0.05) is 23.2 Å². The molecular formula is C12H10Cl2N4O. The minimum Gasteiger partial charge on any atom is -0.308 e. The van der Waals surface area contributed by atoms with Crippen LogP contribution in [0.25, 0.3) is 0 Å². The van der Waals surface area contributed by atoms with Crippen LogP contribution in [0.3, 0.4) is 0 Å². The van der Waals surface area contributed by atoms with Gasteiger partial charge in [-0.3, -0.25) is 0 Å². The molecule has 2 amide bonds. The number of amides is 2. The highest BCUT2D eigenvalue weighted by atomic mass is 35.5. The lowest BCUT2D eigenvalue weighted by Crippen LogP contribution is -2.19. The Balaban J connectivity index is 2.05. The van der Waals surface area contributed by atoms with Crippen molar-refractivity contribution in [3.8, 4) is 0 Å². The summed E-state index contributed by atoms with van der Waals surface area (Å²) in [6, 6.07) is 6.06. The van der Waals surface area contributed by atoms with Crippen LogP contribution in [-0.2, 0) is 0 Å². The van der Waals surface area contributed by atoms with E-state index in [-0.39, 0.29) is 0 Å². The van der Waals surface area contributed by atoms with Crippen molar-refractivity contribution >= 4 is 40.6 Å². The molecule has 0 unspecified atom stereocenters. The molecule has 0 aliphatic heterocycles. The van der Waals surface area contributed by atoms with Gasteiger partial charge < -0.3 is 10.6 Å². The molecule has 2 N–H and O–H groups in total. The number of nitrogens with one attached hydrogen (secondary N) is 2. The van der Waals surface area contributed by atoms with Crippen LogP contribution in [0.2, 0.25) is 10.3 Å². The zero-order chi connectivity index (χ0) is 13.8. The first-order chi connectivity index (χ1) is 9.02. The molecule has 2 aromatic rings. The Hall–Kier alpha value is -1.85. The molecule has 98 valence electrons. The quantitative estimate of drug-likeness (QED) is 0.830. The SMILES string of the molecule is Cc1cc(NC(=O)Nc2ccnc(Cl)c2)cc(Cl)n1. The third-order valence-corrected chi connectivity index (χ3v) is 2.56. The molecule has 2 aromatic heterocycles. The number of hydrogen-bond acceptors (Lipinski definition) is 3. The smallest absolute Gasteiger partial charge is 0.308 e. The summed E-state index contributed by atoms with van der Waals surface area (Å²) in [7, 11) is 0. The van der Waals surface area contributed by atoms with Crippen LogP contribution in [0.5, 0.6) is 0 Å². The van der Waals surface area contributed by atoms with Crippen molar-refractivity contribution in [1.29, 1.82) is 0 Å². The maximum absolute atomic E-state index is 11.8. The highest BCUT2D eigenvalue weighted by Crippen LogP contribution is 2.16. The molecule has 0 bridgehead atoms. The van der Waals surface area contributed by atoms with Crippen LogP contribution >= 0.6 is 23.2 Å². The van der Waals surface area contributed by atoms with Crippen LogP contribution in [0.15, 0.2) is 30.5 Å². The van der Waals surface area contributed by atoms with Crippen molar-refractivity contribution in [2.75, 3.05) is 10.6 Å². The Morgan fingerprint density at radius 1 is 1.11 bits per heavy atom. The van der Waals surface area contributed by atoms with Gasteiger partial charge in [0.15, 0.2) is 0 Å². The molecule has 0 aromatic carbocycles. The zero-order valence-electron chi connectivity index (χ0n) is 9.95. The second-order valence-electron chi connectivity index (χ2n) is 3.77. The summed E-state index contributed by atoms with van der Waals surface area (Å²) in [6.07, 6.45) is 1.51. The maximum Gasteiger partial charge on any atom is 0.323 e.